The van der Waals surface area contributed by atoms with Crippen LogP contribution in [0.25, 0.3) is 0 Å². The third-order valence-electron chi connectivity index (χ3n) is 3.20. The van der Waals surface area contributed by atoms with Gasteiger partial charge in [-0.3, -0.25) is 9.59 Å². The number of hydrogen-bond donors (Lipinski definition) is 1. The number of hydrogen-bond acceptors (Lipinski definition) is 2. The molecule has 0 heterocycles. The zero-order valence-corrected chi connectivity index (χ0v) is 10.3. The monoisotopic (exact) mass is 227 g/mol. The van der Waals surface area contributed by atoms with Crippen molar-refractivity contribution < 1.29 is 14.7 Å². The van der Waals surface area contributed by atoms with Gasteiger partial charge in [0.05, 0.1) is 6.42 Å². The molecule has 1 fully saturated rings. The van der Waals surface area contributed by atoms with E-state index in [2.05, 4.69) is 6.92 Å². The zero-order chi connectivity index (χ0) is 12.3. The number of carboxylic acids is 1. The molecule has 0 aromatic rings. The van der Waals surface area contributed by atoms with Crippen molar-refractivity contribution in [3.8, 4) is 0 Å². The van der Waals surface area contributed by atoms with E-state index in [1.54, 1.807) is 4.90 Å². The van der Waals surface area contributed by atoms with Gasteiger partial charge in [-0.2, -0.15) is 0 Å². The van der Waals surface area contributed by atoms with Crippen LogP contribution in [0.1, 0.15) is 40.0 Å². The van der Waals surface area contributed by atoms with Crippen molar-refractivity contribution in [2.75, 3.05) is 6.54 Å². The van der Waals surface area contributed by atoms with Crippen LogP contribution in [0.3, 0.4) is 0 Å². The first-order valence-electron chi connectivity index (χ1n) is 5.94. The van der Waals surface area contributed by atoms with Crippen molar-refractivity contribution in [1.29, 1.82) is 0 Å². The van der Waals surface area contributed by atoms with Crippen LogP contribution in [-0.2, 0) is 9.59 Å². The minimum atomic E-state index is -0.847. The second-order valence-corrected chi connectivity index (χ2v) is 5.04. The van der Waals surface area contributed by atoms with Gasteiger partial charge in [0.25, 0.3) is 0 Å². The number of amides is 1. The molecule has 0 unspecified atom stereocenters. The van der Waals surface area contributed by atoms with E-state index in [0.717, 1.165) is 12.8 Å². The summed E-state index contributed by atoms with van der Waals surface area (Å²) in [6.07, 6.45) is 1.94. The fourth-order valence-electron chi connectivity index (χ4n) is 2.18. The van der Waals surface area contributed by atoms with Gasteiger partial charge in [-0.25, -0.2) is 0 Å². The summed E-state index contributed by atoms with van der Waals surface area (Å²) in [6, 6.07) is 0.0859. The highest BCUT2D eigenvalue weighted by molar-refractivity contribution is 5.80. The lowest BCUT2D eigenvalue weighted by Gasteiger charge is -2.37. The molecule has 0 saturated heterocycles. The van der Waals surface area contributed by atoms with Crippen molar-refractivity contribution in [2.24, 2.45) is 11.8 Å². The van der Waals surface area contributed by atoms with Crippen LogP contribution in [0.4, 0.5) is 0 Å². The van der Waals surface area contributed by atoms with Gasteiger partial charge in [0.1, 0.15) is 0 Å². The molecule has 1 aliphatic carbocycles. The molecular weight excluding hydrogens is 206 g/mol. The van der Waals surface area contributed by atoms with Gasteiger partial charge >= 0.3 is 5.97 Å². The molecule has 0 radical (unpaired) electrons. The number of nitrogens with zero attached hydrogens (tertiary/aromatic N) is 1. The number of carboxylic acid groups (broad SMARTS) is 1. The van der Waals surface area contributed by atoms with Crippen LogP contribution >= 0.6 is 0 Å². The molecule has 1 amide bonds. The van der Waals surface area contributed by atoms with Crippen molar-refractivity contribution >= 4 is 11.9 Å². The predicted octanol–water partition coefficient (Wildman–Crippen LogP) is 1.74. The van der Waals surface area contributed by atoms with Crippen molar-refractivity contribution in [3.63, 3.8) is 0 Å². The maximum absolute atomic E-state index is 12.1. The third kappa shape index (κ3) is 3.22. The Kier molecular flexibility index (Phi) is 4.33. The largest absolute Gasteiger partial charge is 0.481 e. The quantitative estimate of drug-likeness (QED) is 0.778. The average molecular weight is 227 g/mol. The van der Waals surface area contributed by atoms with Crippen LogP contribution < -0.4 is 0 Å². The van der Waals surface area contributed by atoms with Crippen LogP contribution in [0.15, 0.2) is 0 Å². The molecule has 0 aliphatic heterocycles. The lowest BCUT2D eigenvalue weighted by Crippen LogP contribution is -2.45. The van der Waals surface area contributed by atoms with Crippen LogP contribution in [0.5, 0.6) is 0 Å². The van der Waals surface area contributed by atoms with E-state index in [4.69, 9.17) is 5.11 Å². The molecular formula is C12H21NO3. The molecule has 1 rings (SSSR count). The highest BCUT2D eigenvalue weighted by Gasteiger charge is 2.35. The third-order valence-corrected chi connectivity index (χ3v) is 3.20. The lowest BCUT2D eigenvalue weighted by molar-refractivity contribution is -0.143. The van der Waals surface area contributed by atoms with Crippen LogP contribution in [0, 0.1) is 11.8 Å². The first-order chi connectivity index (χ1) is 7.41. The van der Waals surface area contributed by atoms with Crippen molar-refractivity contribution in [1.82, 2.24) is 4.90 Å². The van der Waals surface area contributed by atoms with Gasteiger partial charge in [-0.05, 0) is 32.6 Å². The van der Waals surface area contributed by atoms with Gasteiger partial charge in [0.2, 0.25) is 5.91 Å². The molecule has 4 heteroatoms. The summed E-state index contributed by atoms with van der Waals surface area (Å²) in [5, 5.41) is 8.64. The van der Waals surface area contributed by atoms with Crippen molar-refractivity contribution in [2.45, 2.75) is 46.1 Å². The normalized spacial score (nSPS) is 24.0. The number of carbonyl (C=O) groups excluding carboxylic acids is 1. The minimum absolute atomic E-state index is 0.0339. The Hall–Kier alpha value is -1.06. The Bertz CT molecular complexity index is 269. The molecule has 1 saturated carbocycles. The van der Waals surface area contributed by atoms with Gasteiger partial charge in [0.15, 0.2) is 0 Å². The Balaban J connectivity index is 2.49. The summed E-state index contributed by atoms with van der Waals surface area (Å²) < 4.78 is 0. The SMILES string of the molecule is CC1CC(C(=O)N(CCC(=O)O)C(C)C)C1. The molecule has 4 nitrogen and oxygen atoms in total. The molecule has 0 spiro atoms. The van der Waals surface area contributed by atoms with E-state index in [-0.39, 0.29) is 24.3 Å². The van der Waals surface area contributed by atoms with Crippen molar-refractivity contribution in [3.05, 3.63) is 0 Å². The molecule has 0 aromatic heterocycles. The standard InChI is InChI=1S/C12H21NO3/c1-8(2)13(5-4-11(14)15)12(16)10-6-9(3)7-10/h8-10H,4-7H2,1-3H3,(H,14,15). The summed E-state index contributed by atoms with van der Waals surface area (Å²) in [6.45, 7) is 6.33. The number of aliphatic carboxylic acids is 1. The fourth-order valence-corrected chi connectivity index (χ4v) is 2.18. The lowest BCUT2D eigenvalue weighted by atomic mass is 9.75. The van der Waals surface area contributed by atoms with E-state index in [1.165, 1.54) is 0 Å². The minimum Gasteiger partial charge on any atom is -0.481 e. The first kappa shape index (κ1) is 13.0. The number of carbonyl (C=O) groups is 2. The van der Waals surface area contributed by atoms with E-state index in [1.807, 2.05) is 13.8 Å². The molecule has 0 bridgehead atoms. The van der Waals surface area contributed by atoms with E-state index in [0.29, 0.717) is 12.5 Å². The fraction of sp³-hybridized carbons (Fsp3) is 0.833. The zero-order valence-electron chi connectivity index (χ0n) is 10.3. The second-order valence-electron chi connectivity index (χ2n) is 5.04. The molecule has 0 atom stereocenters. The topological polar surface area (TPSA) is 57.6 Å². The van der Waals surface area contributed by atoms with E-state index in [9.17, 15) is 9.59 Å². The molecule has 0 aromatic carbocycles. The van der Waals surface area contributed by atoms with E-state index >= 15 is 0 Å². The molecule has 1 N–H and O–H groups in total. The molecule has 92 valence electrons. The van der Waals surface area contributed by atoms with E-state index < -0.39 is 5.97 Å². The number of rotatable bonds is 5. The summed E-state index contributed by atoms with van der Waals surface area (Å²) in [5.41, 5.74) is 0. The molecule has 16 heavy (non-hydrogen) atoms. The molecule has 1 aliphatic rings. The Labute approximate surface area is 96.6 Å². The van der Waals surface area contributed by atoms with Gasteiger partial charge in [-0.1, -0.05) is 6.92 Å². The first-order valence-corrected chi connectivity index (χ1v) is 5.94. The smallest absolute Gasteiger partial charge is 0.305 e. The summed E-state index contributed by atoms with van der Waals surface area (Å²) in [5.74, 6) is 0.0587. The van der Waals surface area contributed by atoms with Gasteiger partial charge in [0, 0.05) is 18.5 Å². The van der Waals surface area contributed by atoms with Crippen LogP contribution in [0.2, 0.25) is 0 Å². The Morgan fingerprint density at radius 1 is 1.38 bits per heavy atom. The summed E-state index contributed by atoms with van der Waals surface area (Å²) in [7, 11) is 0. The summed E-state index contributed by atoms with van der Waals surface area (Å²) in [4.78, 5) is 24.3. The highest BCUT2D eigenvalue weighted by atomic mass is 16.4. The highest BCUT2D eigenvalue weighted by Crippen LogP contribution is 2.34. The maximum Gasteiger partial charge on any atom is 0.305 e. The Morgan fingerprint density at radius 3 is 2.31 bits per heavy atom. The van der Waals surface area contributed by atoms with Crippen LogP contribution in [-0.4, -0.2) is 34.5 Å². The maximum atomic E-state index is 12.1. The Morgan fingerprint density at radius 2 is 1.94 bits per heavy atom. The second kappa shape index (κ2) is 5.32. The predicted molar refractivity (Wildman–Crippen MR) is 61.0 cm³/mol. The van der Waals surface area contributed by atoms with Gasteiger partial charge < -0.3 is 10.0 Å². The van der Waals surface area contributed by atoms with Gasteiger partial charge in [-0.15, -0.1) is 0 Å². The summed E-state index contributed by atoms with van der Waals surface area (Å²) >= 11 is 0. The average Bonchev–Trinajstić information content (AvgIpc) is 2.11.